The molecule has 3 aromatic rings. The van der Waals surface area contributed by atoms with Crippen LogP contribution in [0.5, 0.6) is 23.0 Å². The second-order valence-corrected chi connectivity index (χ2v) is 5.89. The van der Waals surface area contributed by atoms with Gasteiger partial charge in [-0.2, -0.15) is 0 Å². The first-order valence-electron chi connectivity index (χ1n) is 8.27. The van der Waals surface area contributed by atoms with Crippen LogP contribution in [0, 0.1) is 0 Å². The lowest BCUT2D eigenvalue weighted by atomic mass is 10.1. The fraction of sp³-hybridized carbons (Fsp3) is 0.0455. The van der Waals surface area contributed by atoms with E-state index in [0.717, 1.165) is 11.6 Å². The van der Waals surface area contributed by atoms with Crippen molar-refractivity contribution in [3.05, 3.63) is 89.5 Å². The monoisotopic (exact) mass is 362 g/mol. The number of ether oxygens (including phenoxy) is 1. The number of ketones is 1. The van der Waals surface area contributed by atoms with Gasteiger partial charge in [-0.25, -0.2) is 0 Å². The molecule has 27 heavy (non-hydrogen) atoms. The maximum atomic E-state index is 12.2. The molecule has 0 saturated heterocycles. The molecular formula is C22H18O5. The van der Waals surface area contributed by atoms with Crippen LogP contribution < -0.4 is 4.74 Å². The molecule has 0 bridgehead atoms. The van der Waals surface area contributed by atoms with Gasteiger partial charge < -0.3 is 20.1 Å². The van der Waals surface area contributed by atoms with E-state index in [4.69, 9.17) is 4.74 Å². The Morgan fingerprint density at radius 1 is 0.889 bits per heavy atom. The van der Waals surface area contributed by atoms with Crippen molar-refractivity contribution in [1.82, 2.24) is 0 Å². The maximum Gasteiger partial charge on any atom is 0.189 e. The Morgan fingerprint density at radius 2 is 1.67 bits per heavy atom. The quantitative estimate of drug-likeness (QED) is 0.450. The van der Waals surface area contributed by atoms with Gasteiger partial charge in [-0.05, 0) is 42.0 Å². The molecule has 3 N–H and O–H groups in total. The largest absolute Gasteiger partial charge is 0.508 e. The maximum absolute atomic E-state index is 12.2. The molecule has 0 aliphatic rings. The predicted octanol–water partition coefficient (Wildman–Crippen LogP) is 4.28. The van der Waals surface area contributed by atoms with Gasteiger partial charge in [0, 0.05) is 17.7 Å². The summed E-state index contributed by atoms with van der Waals surface area (Å²) in [5, 5.41) is 29.1. The van der Waals surface area contributed by atoms with Crippen LogP contribution in [-0.2, 0) is 6.61 Å². The molecule has 0 aliphatic heterocycles. The minimum atomic E-state index is -0.448. The summed E-state index contributed by atoms with van der Waals surface area (Å²) in [7, 11) is 0. The third kappa shape index (κ3) is 4.67. The molecule has 0 unspecified atom stereocenters. The Kier molecular flexibility index (Phi) is 5.42. The number of carbonyl (C=O) groups is 1. The molecular weight excluding hydrogens is 344 g/mol. The summed E-state index contributed by atoms with van der Waals surface area (Å²) >= 11 is 0. The van der Waals surface area contributed by atoms with Crippen molar-refractivity contribution in [1.29, 1.82) is 0 Å². The molecule has 5 heteroatoms. The molecule has 0 aromatic heterocycles. The highest BCUT2D eigenvalue weighted by molar-refractivity contribution is 6.08. The standard InChI is InChI=1S/C22H18O5/c23-17-8-10-19(22(26)12-17)20(24)11-7-16-6-9-18(13-21(16)25)27-14-15-4-2-1-3-5-15/h1-13,23,25-26H,14H2. The van der Waals surface area contributed by atoms with E-state index in [9.17, 15) is 20.1 Å². The minimum absolute atomic E-state index is 0.0282. The fourth-order valence-corrected chi connectivity index (χ4v) is 2.48. The summed E-state index contributed by atoms with van der Waals surface area (Å²) < 4.78 is 5.64. The Balaban J connectivity index is 1.68. The van der Waals surface area contributed by atoms with Gasteiger partial charge in [-0.15, -0.1) is 0 Å². The van der Waals surface area contributed by atoms with Gasteiger partial charge in [0.25, 0.3) is 0 Å². The van der Waals surface area contributed by atoms with Gasteiger partial charge in [0.2, 0.25) is 0 Å². The van der Waals surface area contributed by atoms with E-state index in [1.165, 1.54) is 30.4 Å². The molecule has 0 amide bonds. The molecule has 136 valence electrons. The topological polar surface area (TPSA) is 87.0 Å². The molecule has 5 nitrogen and oxygen atoms in total. The summed E-state index contributed by atoms with van der Waals surface area (Å²) in [6.07, 6.45) is 2.69. The Hall–Kier alpha value is -3.73. The number of carbonyl (C=O) groups excluding carboxylic acids is 1. The highest BCUT2D eigenvalue weighted by Crippen LogP contribution is 2.27. The van der Waals surface area contributed by atoms with Gasteiger partial charge in [0.15, 0.2) is 5.78 Å². The lowest BCUT2D eigenvalue weighted by Crippen LogP contribution is -1.95. The molecule has 0 heterocycles. The third-order valence-electron chi connectivity index (χ3n) is 3.91. The van der Waals surface area contributed by atoms with Crippen molar-refractivity contribution in [3.8, 4) is 23.0 Å². The van der Waals surface area contributed by atoms with E-state index >= 15 is 0 Å². The summed E-state index contributed by atoms with van der Waals surface area (Å²) in [4.78, 5) is 12.2. The number of hydrogen-bond donors (Lipinski definition) is 3. The van der Waals surface area contributed by atoms with Crippen molar-refractivity contribution < 1.29 is 24.9 Å². The molecule has 0 atom stereocenters. The smallest absolute Gasteiger partial charge is 0.189 e. The number of hydrogen-bond acceptors (Lipinski definition) is 5. The van der Waals surface area contributed by atoms with E-state index in [1.807, 2.05) is 30.3 Å². The van der Waals surface area contributed by atoms with Crippen LogP contribution in [0.25, 0.3) is 6.08 Å². The van der Waals surface area contributed by atoms with Gasteiger partial charge in [0.05, 0.1) is 5.56 Å². The molecule has 3 aromatic carbocycles. The number of phenolic OH excluding ortho intramolecular Hbond substituents is 3. The highest BCUT2D eigenvalue weighted by atomic mass is 16.5. The minimum Gasteiger partial charge on any atom is -0.508 e. The van der Waals surface area contributed by atoms with Gasteiger partial charge >= 0.3 is 0 Å². The normalized spacial score (nSPS) is 10.8. The molecule has 3 rings (SSSR count). The number of aromatic hydroxyl groups is 3. The second kappa shape index (κ2) is 8.10. The van der Waals surface area contributed by atoms with Crippen LogP contribution in [0.1, 0.15) is 21.5 Å². The third-order valence-corrected chi connectivity index (χ3v) is 3.91. The molecule has 0 radical (unpaired) electrons. The van der Waals surface area contributed by atoms with E-state index in [-0.39, 0.29) is 22.8 Å². The van der Waals surface area contributed by atoms with Crippen molar-refractivity contribution in [2.24, 2.45) is 0 Å². The van der Waals surface area contributed by atoms with Gasteiger partial charge in [-0.1, -0.05) is 30.3 Å². The van der Waals surface area contributed by atoms with Gasteiger partial charge in [-0.3, -0.25) is 4.79 Å². The number of allylic oxidation sites excluding steroid dienone is 1. The number of benzene rings is 3. The molecule has 0 spiro atoms. The van der Waals surface area contributed by atoms with Crippen LogP contribution in [-0.4, -0.2) is 21.1 Å². The number of rotatable bonds is 6. The van der Waals surface area contributed by atoms with Crippen LogP contribution in [0.4, 0.5) is 0 Å². The first-order valence-corrected chi connectivity index (χ1v) is 8.27. The van der Waals surface area contributed by atoms with E-state index in [1.54, 1.807) is 12.1 Å². The van der Waals surface area contributed by atoms with Crippen molar-refractivity contribution in [2.45, 2.75) is 6.61 Å². The van der Waals surface area contributed by atoms with Crippen LogP contribution in [0.3, 0.4) is 0 Å². The van der Waals surface area contributed by atoms with Gasteiger partial charge in [0.1, 0.15) is 29.6 Å². The molecule has 0 saturated carbocycles. The first-order chi connectivity index (χ1) is 13.0. The van der Waals surface area contributed by atoms with Crippen molar-refractivity contribution in [2.75, 3.05) is 0 Å². The van der Waals surface area contributed by atoms with Crippen LogP contribution in [0.2, 0.25) is 0 Å². The first kappa shape index (κ1) is 18.1. The summed E-state index contributed by atoms with van der Waals surface area (Å²) in [6.45, 7) is 0.383. The average molecular weight is 362 g/mol. The number of phenols is 3. The zero-order valence-corrected chi connectivity index (χ0v) is 14.4. The molecule has 0 fully saturated rings. The summed E-state index contributed by atoms with van der Waals surface area (Å²) in [5.41, 5.74) is 1.51. The van der Waals surface area contributed by atoms with Crippen LogP contribution >= 0.6 is 0 Å². The Morgan fingerprint density at radius 3 is 2.37 bits per heavy atom. The zero-order valence-electron chi connectivity index (χ0n) is 14.4. The summed E-state index contributed by atoms with van der Waals surface area (Å²) in [6, 6.07) is 18.2. The Bertz CT molecular complexity index is 977. The molecule has 0 aliphatic carbocycles. The SMILES string of the molecule is O=C(C=Cc1ccc(OCc2ccccc2)cc1O)c1ccc(O)cc1O. The van der Waals surface area contributed by atoms with E-state index < -0.39 is 5.78 Å². The van der Waals surface area contributed by atoms with E-state index in [2.05, 4.69) is 0 Å². The van der Waals surface area contributed by atoms with E-state index in [0.29, 0.717) is 17.9 Å². The lowest BCUT2D eigenvalue weighted by molar-refractivity contribution is 0.104. The van der Waals surface area contributed by atoms with Crippen LogP contribution in [0.15, 0.2) is 72.8 Å². The summed E-state index contributed by atoms with van der Waals surface area (Å²) in [5.74, 6) is -0.401. The average Bonchev–Trinajstić information content (AvgIpc) is 2.66. The zero-order chi connectivity index (χ0) is 19.2. The second-order valence-electron chi connectivity index (χ2n) is 5.89. The lowest BCUT2D eigenvalue weighted by Gasteiger charge is -2.08. The fourth-order valence-electron chi connectivity index (χ4n) is 2.48. The predicted molar refractivity (Wildman–Crippen MR) is 102 cm³/mol. The van der Waals surface area contributed by atoms with Crippen molar-refractivity contribution >= 4 is 11.9 Å². The Labute approximate surface area is 156 Å². The van der Waals surface area contributed by atoms with Crippen molar-refractivity contribution in [3.63, 3.8) is 0 Å². The highest BCUT2D eigenvalue weighted by Gasteiger charge is 2.09.